The SMILES string of the molecule is Cc1ccccc1CN(C)C(=O)[C@H](Cc1ccccc1)NC(=O)c1cccs1. The highest BCUT2D eigenvalue weighted by atomic mass is 32.1. The molecule has 0 aliphatic carbocycles. The fourth-order valence-corrected chi connectivity index (χ4v) is 3.70. The van der Waals surface area contributed by atoms with E-state index in [1.807, 2.05) is 73.0 Å². The fourth-order valence-electron chi connectivity index (χ4n) is 3.07. The van der Waals surface area contributed by atoms with Gasteiger partial charge in [-0.05, 0) is 35.1 Å². The lowest BCUT2D eigenvalue weighted by Crippen LogP contribution is -2.48. The lowest BCUT2D eigenvalue weighted by atomic mass is 10.0. The van der Waals surface area contributed by atoms with Crippen LogP contribution in [0, 0.1) is 6.92 Å². The number of benzene rings is 2. The lowest BCUT2D eigenvalue weighted by Gasteiger charge is -2.25. The van der Waals surface area contributed by atoms with Gasteiger partial charge in [0.15, 0.2) is 0 Å². The summed E-state index contributed by atoms with van der Waals surface area (Å²) in [5.41, 5.74) is 3.25. The van der Waals surface area contributed by atoms with Gasteiger partial charge in [0.2, 0.25) is 5.91 Å². The number of hydrogen-bond donors (Lipinski definition) is 1. The summed E-state index contributed by atoms with van der Waals surface area (Å²) in [6.07, 6.45) is 0.453. The van der Waals surface area contributed by atoms with E-state index < -0.39 is 6.04 Å². The Bertz CT molecular complexity index is 923. The first-order chi connectivity index (χ1) is 13.5. The van der Waals surface area contributed by atoms with Gasteiger partial charge >= 0.3 is 0 Å². The topological polar surface area (TPSA) is 49.4 Å². The van der Waals surface area contributed by atoms with Crippen molar-refractivity contribution in [3.8, 4) is 0 Å². The fraction of sp³-hybridized carbons (Fsp3) is 0.217. The molecule has 5 heteroatoms. The Hall–Kier alpha value is -2.92. The van der Waals surface area contributed by atoms with Crippen LogP contribution in [-0.2, 0) is 17.8 Å². The van der Waals surface area contributed by atoms with Gasteiger partial charge in [0.25, 0.3) is 5.91 Å². The normalized spacial score (nSPS) is 11.6. The molecule has 3 aromatic rings. The third-order valence-electron chi connectivity index (χ3n) is 4.68. The number of hydrogen-bond acceptors (Lipinski definition) is 3. The third kappa shape index (κ3) is 5.08. The van der Waals surface area contributed by atoms with Crippen LogP contribution in [0.3, 0.4) is 0 Å². The maximum atomic E-state index is 13.2. The standard InChI is InChI=1S/C23H24N2O2S/c1-17-9-6-7-12-19(17)16-25(2)23(27)20(15-18-10-4-3-5-11-18)24-22(26)21-13-8-14-28-21/h3-14,20H,15-16H2,1-2H3,(H,24,26)/t20-/m0/s1. The van der Waals surface area contributed by atoms with Crippen molar-refractivity contribution in [1.82, 2.24) is 10.2 Å². The van der Waals surface area contributed by atoms with Crippen LogP contribution >= 0.6 is 11.3 Å². The molecule has 0 saturated carbocycles. The molecule has 0 radical (unpaired) electrons. The Morgan fingerprint density at radius 1 is 1.00 bits per heavy atom. The zero-order valence-corrected chi connectivity index (χ0v) is 16.9. The van der Waals surface area contributed by atoms with Gasteiger partial charge in [0, 0.05) is 20.0 Å². The van der Waals surface area contributed by atoms with Crippen LogP contribution in [0.15, 0.2) is 72.1 Å². The molecule has 0 fully saturated rings. The first-order valence-corrected chi connectivity index (χ1v) is 10.1. The van der Waals surface area contributed by atoms with Gasteiger partial charge in [-0.2, -0.15) is 0 Å². The molecule has 0 spiro atoms. The number of rotatable bonds is 7. The predicted octanol–water partition coefficient (Wildman–Crippen LogP) is 4.06. The van der Waals surface area contributed by atoms with E-state index in [0.29, 0.717) is 17.8 Å². The molecule has 3 rings (SSSR count). The van der Waals surface area contributed by atoms with Crippen LogP contribution in [0.1, 0.15) is 26.4 Å². The number of thiophene rings is 1. The molecule has 28 heavy (non-hydrogen) atoms. The zero-order valence-electron chi connectivity index (χ0n) is 16.1. The number of likely N-dealkylation sites (N-methyl/N-ethyl adjacent to an activating group) is 1. The summed E-state index contributed by atoms with van der Waals surface area (Å²) in [4.78, 5) is 28.0. The number of aryl methyl sites for hydroxylation is 1. The van der Waals surface area contributed by atoms with Gasteiger partial charge in [-0.15, -0.1) is 11.3 Å². The third-order valence-corrected chi connectivity index (χ3v) is 5.54. The summed E-state index contributed by atoms with van der Waals surface area (Å²) in [5, 5.41) is 4.78. The smallest absolute Gasteiger partial charge is 0.262 e. The molecule has 1 heterocycles. The summed E-state index contributed by atoms with van der Waals surface area (Å²) < 4.78 is 0. The van der Waals surface area contributed by atoms with Crippen LogP contribution in [0.5, 0.6) is 0 Å². The highest BCUT2D eigenvalue weighted by Gasteiger charge is 2.25. The summed E-state index contributed by atoms with van der Waals surface area (Å²) in [6, 6.07) is 20.8. The van der Waals surface area contributed by atoms with Gasteiger partial charge in [0.05, 0.1) is 4.88 Å². The first kappa shape index (κ1) is 19.8. The van der Waals surface area contributed by atoms with Gasteiger partial charge in [-0.3, -0.25) is 9.59 Å². The van der Waals surface area contributed by atoms with Crippen molar-refractivity contribution in [3.05, 3.63) is 93.7 Å². The van der Waals surface area contributed by atoms with E-state index in [4.69, 9.17) is 0 Å². The molecule has 0 bridgehead atoms. The number of nitrogens with one attached hydrogen (secondary N) is 1. The van der Waals surface area contributed by atoms with Crippen LogP contribution in [0.25, 0.3) is 0 Å². The highest BCUT2D eigenvalue weighted by Crippen LogP contribution is 2.14. The van der Waals surface area contributed by atoms with Gasteiger partial charge < -0.3 is 10.2 Å². The average Bonchev–Trinajstić information content (AvgIpc) is 3.24. The van der Waals surface area contributed by atoms with Crippen molar-refractivity contribution < 1.29 is 9.59 Å². The lowest BCUT2D eigenvalue weighted by molar-refractivity contribution is -0.132. The summed E-state index contributed by atoms with van der Waals surface area (Å²) in [7, 11) is 1.78. The minimum absolute atomic E-state index is 0.1000. The van der Waals surface area contributed by atoms with Crippen LogP contribution < -0.4 is 5.32 Å². The molecule has 2 amide bonds. The summed E-state index contributed by atoms with van der Waals surface area (Å²) in [5.74, 6) is -0.314. The number of carbonyl (C=O) groups is 2. The van der Waals surface area contributed by atoms with Crippen molar-refractivity contribution in [1.29, 1.82) is 0 Å². The maximum absolute atomic E-state index is 13.2. The molecule has 0 unspecified atom stereocenters. The molecular weight excluding hydrogens is 368 g/mol. The largest absolute Gasteiger partial charge is 0.340 e. The molecule has 1 N–H and O–H groups in total. The zero-order chi connectivity index (χ0) is 19.9. The molecule has 0 aliphatic heterocycles. The molecule has 1 aromatic heterocycles. The molecule has 0 saturated heterocycles. The second-order valence-electron chi connectivity index (χ2n) is 6.81. The minimum Gasteiger partial charge on any atom is -0.340 e. The minimum atomic E-state index is -0.619. The Labute approximate surface area is 169 Å². The van der Waals surface area contributed by atoms with E-state index in [0.717, 1.165) is 16.7 Å². The maximum Gasteiger partial charge on any atom is 0.262 e. The second-order valence-corrected chi connectivity index (χ2v) is 7.76. The molecular formula is C23H24N2O2S. The van der Waals surface area contributed by atoms with Gasteiger partial charge in [-0.25, -0.2) is 0 Å². The van der Waals surface area contributed by atoms with Gasteiger partial charge in [-0.1, -0.05) is 60.7 Å². The van der Waals surface area contributed by atoms with Crippen molar-refractivity contribution in [2.24, 2.45) is 0 Å². The first-order valence-electron chi connectivity index (χ1n) is 9.22. The van der Waals surface area contributed by atoms with E-state index in [1.54, 1.807) is 18.0 Å². The monoisotopic (exact) mass is 392 g/mol. The number of nitrogens with zero attached hydrogens (tertiary/aromatic N) is 1. The number of carbonyl (C=O) groups excluding carboxylic acids is 2. The van der Waals surface area contributed by atoms with Crippen molar-refractivity contribution in [3.63, 3.8) is 0 Å². The van der Waals surface area contributed by atoms with E-state index >= 15 is 0 Å². The molecule has 4 nitrogen and oxygen atoms in total. The quantitative estimate of drug-likeness (QED) is 0.659. The molecule has 1 atom stereocenters. The van der Waals surface area contributed by atoms with Crippen LogP contribution in [0.2, 0.25) is 0 Å². The van der Waals surface area contributed by atoms with E-state index in [2.05, 4.69) is 5.32 Å². The Balaban J connectivity index is 1.77. The Kier molecular flexibility index (Phi) is 6.61. The van der Waals surface area contributed by atoms with Crippen molar-refractivity contribution in [2.45, 2.75) is 25.9 Å². The Morgan fingerprint density at radius 2 is 1.71 bits per heavy atom. The predicted molar refractivity (Wildman–Crippen MR) is 113 cm³/mol. The van der Waals surface area contributed by atoms with E-state index in [-0.39, 0.29) is 11.8 Å². The molecule has 144 valence electrons. The second kappa shape index (κ2) is 9.33. The van der Waals surface area contributed by atoms with Crippen LogP contribution in [-0.4, -0.2) is 29.8 Å². The summed E-state index contributed by atoms with van der Waals surface area (Å²) in [6.45, 7) is 2.54. The summed E-state index contributed by atoms with van der Waals surface area (Å²) >= 11 is 1.37. The van der Waals surface area contributed by atoms with Crippen molar-refractivity contribution in [2.75, 3.05) is 7.05 Å². The van der Waals surface area contributed by atoms with Gasteiger partial charge in [0.1, 0.15) is 6.04 Å². The Morgan fingerprint density at radius 3 is 2.39 bits per heavy atom. The van der Waals surface area contributed by atoms with E-state index in [1.165, 1.54) is 11.3 Å². The highest BCUT2D eigenvalue weighted by molar-refractivity contribution is 7.12. The van der Waals surface area contributed by atoms with Crippen molar-refractivity contribution >= 4 is 23.2 Å². The van der Waals surface area contributed by atoms with E-state index in [9.17, 15) is 9.59 Å². The number of amides is 2. The average molecular weight is 393 g/mol. The molecule has 2 aromatic carbocycles. The molecule has 0 aliphatic rings. The van der Waals surface area contributed by atoms with Crippen LogP contribution in [0.4, 0.5) is 0 Å².